The zero-order valence-electron chi connectivity index (χ0n) is 14.7. The Morgan fingerprint density at radius 3 is 2.27 bits per heavy atom. The second-order valence-electron chi connectivity index (χ2n) is 5.62. The van der Waals surface area contributed by atoms with Gasteiger partial charge in [-0.15, -0.1) is 0 Å². The summed E-state index contributed by atoms with van der Waals surface area (Å²) in [7, 11) is 0.429. The summed E-state index contributed by atoms with van der Waals surface area (Å²) in [6, 6.07) is 9.29. The van der Waals surface area contributed by atoms with Crippen LogP contribution in [0.25, 0.3) is 0 Å². The molecule has 2 aromatic carbocycles. The van der Waals surface area contributed by atoms with Crippen molar-refractivity contribution in [1.29, 1.82) is 0 Å². The van der Waals surface area contributed by atoms with Gasteiger partial charge in [0, 0.05) is 24.6 Å². The molecule has 1 aliphatic rings. The van der Waals surface area contributed by atoms with Crippen LogP contribution in [0.1, 0.15) is 16.8 Å². The third-order valence-electron chi connectivity index (χ3n) is 4.25. The number of fused-ring (bicyclic) bond motifs is 1. The number of ketones is 1. The Balaban J connectivity index is 2.15. The lowest BCUT2D eigenvalue weighted by molar-refractivity contribution is 0.0981. The largest absolute Gasteiger partial charge is 0.495 e. The fourth-order valence-corrected chi connectivity index (χ4v) is 4.47. The number of para-hydroxylation sites is 1. The van der Waals surface area contributed by atoms with E-state index in [4.69, 9.17) is 14.2 Å². The number of carbonyl (C=O) groups is 1. The van der Waals surface area contributed by atoms with Crippen molar-refractivity contribution < 1.29 is 27.4 Å². The molecule has 0 radical (unpaired) electrons. The zero-order chi connectivity index (χ0) is 18.9. The van der Waals surface area contributed by atoms with E-state index in [-0.39, 0.29) is 29.3 Å². The molecule has 2 aromatic rings. The van der Waals surface area contributed by atoms with Gasteiger partial charge in [0.15, 0.2) is 17.3 Å². The van der Waals surface area contributed by atoms with Crippen LogP contribution in [0.3, 0.4) is 0 Å². The molecule has 0 fully saturated rings. The van der Waals surface area contributed by atoms with Crippen LogP contribution in [-0.4, -0.2) is 42.1 Å². The topological polar surface area (TPSA) is 82.1 Å². The highest BCUT2D eigenvalue weighted by Crippen LogP contribution is 2.40. The maximum atomic E-state index is 13.3. The lowest BCUT2D eigenvalue weighted by atomic mass is 10.0. The highest BCUT2D eigenvalue weighted by atomic mass is 32.2. The molecule has 8 heteroatoms. The van der Waals surface area contributed by atoms with Crippen molar-refractivity contribution in [2.45, 2.75) is 11.3 Å². The van der Waals surface area contributed by atoms with Crippen LogP contribution < -0.4 is 18.5 Å². The molecule has 0 saturated heterocycles. The summed E-state index contributed by atoms with van der Waals surface area (Å²) in [5.74, 6) is 0.956. The van der Waals surface area contributed by atoms with Crippen LogP contribution in [0.15, 0.2) is 41.3 Å². The molecule has 0 unspecified atom stereocenters. The molecular formula is C18H19NO6S. The first-order valence-corrected chi connectivity index (χ1v) is 9.33. The quantitative estimate of drug-likeness (QED) is 0.796. The average molecular weight is 377 g/mol. The van der Waals surface area contributed by atoms with Crippen molar-refractivity contribution >= 4 is 21.5 Å². The van der Waals surface area contributed by atoms with Gasteiger partial charge in [0.2, 0.25) is 0 Å². The zero-order valence-corrected chi connectivity index (χ0v) is 15.5. The SMILES string of the molecule is COc1ccc(S(=O)(=O)N2CCC(=O)c3cccc(OC)c32)cc1OC. The number of hydrogen-bond acceptors (Lipinski definition) is 6. The number of sulfonamides is 1. The van der Waals surface area contributed by atoms with E-state index in [1.807, 2.05) is 0 Å². The lowest BCUT2D eigenvalue weighted by Gasteiger charge is -2.31. The Bertz CT molecular complexity index is 954. The van der Waals surface area contributed by atoms with Gasteiger partial charge in [0.05, 0.1) is 26.2 Å². The second-order valence-corrected chi connectivity index (χ2v) is 7.49. The van der Waals surface area contributed by atoms with Gasteiger partial charge in [0.25, 0.3) is 10.0 Å². The first-order chi connectivity index (χ1) is 12.4. The summed E-state index contributed by atoms with van der Waals surface area (Å²) in [5.41, 5.74) is 0.598. The van der Waals surface area contributed by atoms with Crippen molar-refractivity contribution in [1.82, 2.24) is 0 Å². The predicted octanol–water partition coefficient (Wildman–Crippen LogP) is 2.49. The van der Waals surface area contributed by atoms with E-state index in [0.29, 0.717) is 22.8 Å². The molecule has 0 bridgehead atoms. The molecule has 26 heavy (non-hydrogen) atoms. The lowest BCUT2D eigenvalue weighted by Crippen LogP contribution is -2.37. The van der Waals surface area contributed by atoms with Gasteiger partial charge in [-0.1, -0.05) is 6.07 Å². The number of Topliss-reactive ketones (excluding diaryl/α,β-unsaturated/α-hetero) is 1. The van der Waals surface area contributed by atoms with Crippen molar-refractivity contribution in [2.75, 3.05) is 32.2 Å². The first kappa shape index (κ1) is 18.1. The van der Waals surface area contributed by atoms with Gasteiger partial charge in [0.1, 0.15) is 11.4 Å². The summed E-state index contributed by atoms with van der Waals surface area (Å²) in [4.78, 5) is 12.3. The van der Waals surface area contributed by atoms with Crippen LogP contribution in [0.4, 0.5) is 5.69 Å². The van der Waals surface area contributed by atoms with E-state index < -0.39 is 10.0 Å². The molecule has 1 heterocycles. The molecule has 0 N–H and O–H groups in total. The molecular weight excluding hydrogens is 358 g/mol. The summed E-state index contributed by atoms with van der Waals surface area (Å²) in [6.07, 6.45) is 0.104. The molecule has 1 aliphatic heterocycles. The monoisotopic (exact) mass is 377 g/mol. The van der Waals surface area contributed by atoms with Gasteiger partial charge in [-0.25, -0.2) is 8.42 Å². The summed E-state index contributed by atoms with van der Waals surface area (Å²) >= 11 is 0. The fraction of sp³-hybridized carbons (Fsp3) is 0.278. The van der Waals surface area contributed by atoms with Gasteiger partial charge in [-0.3, -0.25) is 9.10 Å². The summed E-state index contributed by atoms with van der Waals surface area (Å²) in [6.45, 7) is 0.0445. The minimum atomic E-state index is -3.92. The second kappa shape index (κ2) is 6.87. The smallest absolute Gasteiger partial charge is 0.264 e. The first-order valence-electron chi connectivity index (χ1n) is 7.89. The van der Waals surface area contributed by atoms with Crippen molar-refractivity contribution in [3.05, 3.63) is 42.0 Å². The number of anilines is 1. The van der Waals surface area contributed by atoms with E-state index in [1.54, 1.807) is 18.2 Å². The average Bonchev–Trinajstić information content (AvgIpc) is 2.67. The normalized spacial score (nSPS) is 14.0. The van der Waals surface area contributed by atoms with Crippen LogP contribution in [-0.2, 0) is 10.0 Å². The molecule has 0 saturated carbocycles. The molecule has 0 amide bonds. The summed E-state index contributed by atoms with van der Waals surface area (Å²) in [5, 5.41) is 0. The Morgan fingerprint density at radius 2 is 1.62 bits per heavy atom. The highest BCUT2D eigenvalue weighted by molar-refractivity contribution is 7.92. The van der Waals surface area contributed by atoms with E-state index in [0.717, 1.165) is 0 Å². The number of methoxy groups -OCH3 is 3. The van der Waals surface area contributed by atoms with Crippen molar-refractivity contribution in [3.8, 4) is 17.2 Å². The van der Waals surface area contributed by atoms with E-state index in [1.165, 1.54) is 43.8 Å². The Labute approximate surface area is 152 Å². The number of ether oxygens (including phenoxy) is 3. The van der Waals surface area contributed by atoms with Gasteiger partial charge in [-0.2, -0.15) is 0 Å². The molecule has 0 aliphatic carbocycles. The van der Waals surface area contributed by atoms with Crippen molar-refractivity contribution in [2.24, 2.45) is 0 Å². The molecule has 7 nitrogen and oxygen atoms in total. The maximum Gasteiger partial charge on any atom is 0.264 e. The predicted molar refractivity (Wildman–Crippen MR) is 96.0 cm³/mol. The minimum Gasteiger partial charge on any atom is -0.495 e. The minimum absolute atomic E-state index is 0.0429. The summed E-state index contributed by atoms with van der Waals surface area (Å²) < 4.78 is 43.4. The van der Waals surface area contributed by atoms with Crippen LogP contribution >= 0.6 is 0 Å². The van der Waals surface area contributed by atoms with Crippen LogP contribution in [0.2, 0.25) is 0 Å². The number of hydrogen-bond donors (Lipinski definition) is 0. The number of nitrogens with zero attached hydrogens (tertiary/aromatic N) is 1. The van der Waals surface area contributed by atoms with Crippen LogP contribution in [0, 0.1) is 0 Å². The standard InChI is InChI=1S/C18H19NO6S/c1-23-15-8-7-12(11-17(15)25-3)26(21,22)19-10-9-14(20)13-5-4-6-16(24-2)18(13)19/h4-8,11H,9-10H2,1-3H3. The van der Waals surface area contributed by atoms with Crippen LogP contribution in [0.5, 0.6) is 17.2 Å². The van der Waals surface area contributed by atoms with Gasteiger partial charge >= 0.3 is 0 Å². The molecule has 3 rings (SSSR count). The maximum absolute atomic E-state index is 13.3. The van der Waals surface area contributed by atoms with Crippen molar-refractivity contribution in [3.63, 3.8) is 0 Å². The van der Waals surface area contributed by atoms with Gasteiger partial charge in [-0.05, 0) is 24.3 Å². The number of benzene rings is 2. The molecule has 0 spiro atoms. The third-order valence-corrected chi connectivity index (χ3v) is 6.05. The molecule has 0 atom stereocenters. The number of carbonyl (C=O) groups excluding carboxylic acids is 1. The Kier molecular flexibility index (Phi) is 4.78. The Morgan fingerprint density at radius 1 is 0.923 bits per heavy atom. The molecule has 0 aromatic heterocycles. The highest BCUT2D eigenvalue weighted by Gasteiger charge is 2.35. The number of rotatable bonds is 5. The fourth-order valence-electron chi connectivity index (χ4n) is 2.96. The van der Waals surface area contributed by atoms with E-state index in [9.17, 15) is 13.2 Å². The van der Waals surface area contributed by atoms with E-state index >= 15 is 0 Å². The Hall–Kier alpha value is -2.74. The third kappa shape index (κ3) is 2.86. The van der Waals surface area contributed by atoms with E-state index in [2.05, 4.69) is 0 Å². The molecule has 138 valence electrons. The van der Waals surface area contributed by atoms with Gasteiger partial charge < -0.3 is 14.2 Å².